The van der Waals surface area contributed by atoms with Gasteiger partial charge >= 0.3 is 0 Å². The molecular formula is C19H18N2O4. The van der Waals surface area contributed by atoms with Crippen LogP contribution in [-0.4, -0.2) is 27.2 Å². The number of anilines is 1. The predicted molar refractivity (Wildman–Crippen MR) is 94.8 cm³/mol. The van der Waals surface area contributed by atoms with Crippen LogP contribution in [0.4, 0.5) is 5.69 Å². The van der Waals surface area contributed by atoms with Crippen LogP contribution in [0, 0.1) is 11.3 Å². The summed E-state index contributed by atoms with van der Waals surface area (Å²) in [7, 11) is 4.60. The van der Waals surface area contributed by atoms with Crippen LogP contribution in [0.5, 0.6) is 17.2 Å². The molecule has 0 spiro atoms. The summed E-state index contributed by atoms with van der Waals surface area (Å²) in [5.74, 6) is 1.19. The Morgan fingerprint density at radius 3 is 2.44 bits per heavy atom. The number of benzene rings is 2. The van der Waals surface area contributed by atoms with Gasteiger partial charge in [-0.1, -0.05) is 12.1 Å². The highest BCUT2D eigenvalue weighted by Gasteiger charge is 2.11. The molecule has 0 radical (unpaired) electrons. The molecule has 1 amide bonds. The first-order valence-electron chi connectivity index (χ1n) is 7.40. The Morgan fingerprint density at radius 1 is 1.04 bits per heavy atom. The number of nitrogens with zero attached hydrogens (tertiary/aromatic N) is 1. The van der Waals surface area contributed by atoms with Crippen LogP contribution in [0.3, 0.4) is 0 Å². The summed E-state index contributed by atoms with van der Waals surface area (Å²) in [5.41, 5.74) is 1.16. The second-order valence-electron chi connectivity index (χ2n) is 4.97. The Labute approximate surface area is 146 Å². The van der Waals surface area contributed by atoms with Crippen LogP contribution < -0.4 is 19.5 Å². The van der Waals surface area contributed by atoms with Crippen LogP contribution in [-0.2, 0) is 4.79 Å². The summed E-state index contributed by atoms with van der Waals surface area (Å²) in [6.07, 6.45) is 1.48. The maximum Gasteiger partial charge on any atom is 0.266 e. The standard InChI is InChI=1S/C19H18N2O4/c1-23-16-6-4-5-15(11-16)21-19(22)14(12-20)9-13-7-8-17(24-2)18(10-13)25-3/h4-11H,1-3H3,(H,21,22)/b14-9+. The van der Waals surface area contributed by atoms with Gasteiger partial charge in [0.15, 0.2) is 11.5 Å². The molecule has 6 nitrogen and oxygen atoms in total. The molecule has 6 heteroatoms. The van der Waals surface area contributed by atoms with Gasteiger partial charge in [0, 0.05) is 11.8 Å². The van der Waals surface area contributed by atoms with Gasteiger partial charge in [0.05, 0.1) is 21.3 Å². The van der Waals surface area contributed by atoms with Crippen molar-refractivity contribution in [2.24, 2.45) is 0 Å². The van der Waals surface area contributed by atoms with Crippen molar-refractivity contribution in [2.45, 2.75) is 0 Å². The van der Waals surface area contributed by atoms with Crippen LogP contribution in [0.1, 0.15) is 5.56 Å². The summed E-state index contributed by atoms with van der Waals surface area (Å²) in [4.78, 5) is 12.3. The number of carbonyl (C=O) groups excluding carboxylic acids is 1. The number of hydrogen-bond donors (Lipinski definition) is 1. The largest absolute Gasteiger partial charge is 0.497 e. The minimum absolute atomic E-state index is 0.0324. The molecule has 0 saturated carbocycles. The van der Waals surface area contributed by atoms with Gasteiger partial charge in [0.1, 0.15) is 17.4 Å². The molecule has 0 atom stereocenters. The minimum atomic E-state index is -0.509. The maximum atomic E-state index is 12.3. The first-order valence-corrected chi connectivity index (χ1v) is 7.40. The van der Waals surface area contributed by atoms with E-state index in [2.05, 4.69) is 5.32 Å². The van der Waals surface area contributed by atoms with E-state index >= 15 is 0 Å². The third-order valence-corrected chi connectivity index (χ3v) is 3.41. The third-order valence-electron chi connectivity index (χ3n) is 3.41. The fraction of sp³-hybridized carbons (Fsp3) is 0.158. The van der Waals surface area contributed by atoms with Crippen LogP contribution in [0.2, 0.25) is 0 Å². The molecule has 2 rings (SSSR count). The molecule has 0 fully saturated rings. The normalized spacial score (nSPS) is 10.6. The average molecular weight is 338 g/mol. The fourth-order valence-corrected chi connectivity index (χ4v) is 2.16. The van der Waals surface area contributed by atoms with Crippen molar-refractivity contribution >= 4 is 17.7 Å². The van der Waals surface area contributed by atoms with Gasteiger partial charge in [-0.3, -0.25) is 4.79 Å². The van der Waals surface area contributed by atoms with E-state index in [9.17, 15) is 10.1 Å². The first-order chi connectivity index (χ1) is 12.1. The van der Waals surface area contributed by atoms with E-state index in [0.717, 1.165) is 0 Å². The molecule has 0 aliphatic carbocycles. The van der Waals surface area contributed by atoms with Gasteiger partial charge in [0.25, 0.3) is 5.91 Å². The zero-order valence-electron chi connectivity index (χ0n) is 14.2. The van der Waals surface area contributed by atoms with Crippen LogP contribution in [0.15, 0.2) is 48.0 Å². The Kier molecular flexibility index (Phi) is 6.02. The second kappa shape index (κ2) is 8.41. The van der Waals surface area contributed by atoms with Crippen molar-refractivity contribution in [3.8, 4) is 23.3 Å². The molecule has 2 aromatic carbocycles. The molecule has 0 heterocycles. The highest BCUT2D eigenvalue weighted by atomic mass is 16.5. The monoisotopic (exact) mass is 338 g/mol. The second-order valence-corrected chi connectivity index (χ2v) is 4.97. The van der Waals surface area contributed by atoms with E-state index in [1.165, 1.54) is 20.3 Å². The lowest BCUT2D eigenvalue weighted by atomic mass is 10.1. The molecule has 0 bridgehead atoms. The lowest BCUT2D eigenvalue weighted by Crippen LogP contribution is -2.13. The lowest BCUT2D eigenvalue weighted by molar-refractivity contribution is -0.112. The van der Waals surface area contributed by atoms with Gasteiger partial charge < -0.3 is 19.5 Å². The summed E-state index contributed by atoms with van der Waals surface area (Å²) < 4.78 is 15.5. The number of amides is 1. The maximum absolute atomic E-state index is 12.3. The van der Waals surface area contributed by atoms with Crippen LogP contribution in [0.25, 0.3) is 6.08 Å². The molecule has 1 N–H and O–H groups in total. The summed E-state index contributed by atoms with van der Waals surface area (Å²) >= 11 is 0. The highest BCUT2D eigenvalue weighted by Crippen LogP contribution is 2.28. The van der Waals surface area contributed by atoms with Gasteiger partial charge in [-0.25, -0.2) is 0 Å². The molecule has 0 aromatic heterocycles. The number of ether oxygens (including phenoxy) is 3. The quantitative estimate of drug-likeness (QED) is 0.646. The summed E-state index contributed by atoms with van der Waals surface area (Å²) in [5, 5.41) is 12.0. The number of methoxy groups -OCH3 is 3. The Balaban J connectivity index is 2.24. The molecule has 0 unspecified atom stereocenters. The van der Waals surface area contributed by atoms with E-state index in [-0.39, 0.29) is 5.57 Å². The molecule has 25 heavy (non-hydrogen) atoms. The molecule has 0 saturated heterocycles. The number of carbonyl (C=O) groups is 1. The molecule has 0 aliphatic heterocycles. The van der Waals surface area contributed by atoms with Crippen molar-refractivity contribution in [3.63, 3.8) is 0 Å². The van der Waals surface area contributed by atoms with E-state index in [0.29, 0.717) is 28.5 Å². The summed E-state index contributed by atoms with van der Waals surface area (Å²) in [6, 6.07) is 13.9. The topological polar surface area (TPSA) is 80.6 Å². The molecule has 2 aromatic rings. The Hall–Kier alpha value is -3.46. The van der Waals surface area contributed by atoms with E-state index in [1.807, 2.05) is 6.07 Å². The predicted octanol–water partition coefficient (Wildman–Crippen LogP) is 3.26. The van der Waals surface area contributed by atoms with Crippen molar-refractivity contribution in [1.29, 1.82) is 5.26 Å². The van der Waals surface area contributed by atoms with Gasteiger partial charge in [-0.05, 0) is 35.9 Å². The first kappa shape index (κ1) is 17.9. The SMILES string of the molecule is COc1cccc(NC(=O)/C(C#N)=C/c2ccc(OC)c(OC)c2)c1. The number of nitrogens with one attached hydrogen (secondary N) is 1. The highest BCUT2D eigenvalue weighted by molar-refractivity contribution is 6.09. The summed E-state index contributed by atoms with van der Waals surface area (Å²) in [6.45, 7) is 0. The number of nitriles is 1. The van der Waals surface area contributed by atoms with Gasteiger partial charge in [-0.2, -0.15) is 5.26 Å². The Morgan fingerprint density at radius 2 is 1.80 bits per heavy atom. The van der Waals surface area contributed by atoms with Crippen molar-refractivity contribution < 1.29 is 19.0 Å². The average Bonchev–Trinajstić information content (AvgIpc) is 2.65. The van der Waals surface area contributed by atoms with Crippen molar-refractivity contribution in [2.75, 3.05) is 26.6 Å². The van der Waals surface area contributed by atoms with Gasteiger partial charge in [-0.15, -0.1) is 0 Å². The molecular weight excluding hydrogens is 320 g/mol. The Bertz CT molecular complexity index is 838. The third kappa shape index (κ3) is 4.52. The number of rotatable bonds is 6. The lowest BCUT2D eigenvalue weighted by Gasteiger charge is -2.08. The van der Waals surface area contributed by atoms with E-state index < -0.39 is 5.91 Å². The van der Waals surface area contributed by atoms with Crippen molar-refractivity contribution in [1.82, 2.24) is 0 Å². The zero-order chi connectivity index (χ0) is 18.2. The van der Waals surface area contributed by atoms with Crippen LogP contribution >= 0.6 is 0 Å². The molecule has 128 valence electrons. The fourth-order valence-electron chi connectivity index (χ4n) is 2.16. The van der Waals surface area contributed by atoms with E-state index in [1.54, 1.807) is 49.6 Å². The van der Waals surface area contributed by atoms with E-state index in [4.69, 9.17) is 14.2 Å². The minimum Gasteiger partial charge on any atom is -0.497 e. The number of hydrogen-bond acceptors (Lipinski definition) is 5. The van der Waals surface area contributed by atoms with Gasteiger partial charge in [0.2, 0.25) is 0 Å². The zero-order valence-corrected chi connectivity index (χ0v) is 14.2. The van der Waals surface area contributed by atoms with Crippen molar-refractivity contribution in [3.05, 3.63) is 53.6 Å². The smallest absolute Gasteiger partial charge is 0.266 e. The molecule has 0 aliphatic rings.